The highest BCUT2D eigenvalue weighted by molar-refractivity contribution is 6.04. The number of fused-ring (bicyclic) bond motifs is 2. The Labute approximate surface area is 155 Å². The third kappa shape index (κ3) is 3.19. The molecule has 0 spiro atoms. The van der Waals surface area contributed by atoms with Gasteiger partial charge in [0.15, 0.2) is 0 Å². The maximum Gasteiger partial charge on any atom is 0.257 e. The summed E-state index contributed by atoms with van der Waals surface area (Å²) >= 11 is 0. The van der Waals surface area contributed by atoms with Crippen LogP contribution in [0, 0.1) is 0 Å². The van der Waals surface area contributed by atoms with Gasteiger partial charge in [0.05, 0.1) is 11.3 Å². The molecular formula is C21H29N3O2. The zero-order valence-electron chi connectivity index (χ0n) is 15.7. The zero-order chi connectivity index (χ0) is 18.1. The van der Waals surface area contributed by atoms with Gasteiger partial charge in [-0.15, -0.1) is 0 Å². The highest BCUT2D eigenvalue weighted by Crippen LogP contribution is 2.35. The van der Waals surface area contributed by atoms with Crippen molar-refractivity contribution in [2.45, 2.75) is 70.0 Å². The van der Waals surface area contributed by atoms with Gasteiger partial charge in [0.25, 0.3) is 11.8 Å². The first-order chi connectivity index (χ1) is 12.6. The van der Waals surface area contributed by atoms with E-state index in [1.165, 1.54) is 32.1 Å². The predicted molar refractivity (Wildman–Crippen MR) is 102 cm³/mol. The van der Waals surface area contributed by atoms with Gasteiger partial charge in [-0.25, -0.2) is 0 Å². The molecule has 3 aliphatic rings. The highest BCUT2D eigenvalue weighted by Gasteiger charge is 2.38. The van der Waals surface area contributed by atoms with Crippen LogP contribution in [0.3, 0.4) is 0 Å². The standard InChI is InChI=1S/C21H29N3O2/c1-23-18-14-15(20(25)22-16-8-5-3-2-4-6-9-16)11-12-17(18)21(26)24-13-7-10-19(23)24/h11-12,14,16,19H,2-10,13H2,1H3,(H,22,25). The maximum atomic E-state index is 12.8. The quantitative estimate of drug-likeness (QED) is 0.883. The Bertz CT molecular complexity index is 694. The van der Waals surface area contributed by atoms with Crippen molar-refractivity contribution in [2.24, 2.45) is 0 Å². The largest absolute Gasteiger partial charge is 0.354 e. The van der Waals surface area contributed by atoms with Crippen LogP contribution in [0.2, 0.25) is 0 Å². The molecule has 1 atom stereocenters. The number of hydrogen-bond acceptors (Lipinski definition) is 3. The summed E-state index contributed by atoms with van der Waals surface area (Å²) in [5.74, 6) is 0.0978. The molecule has 5 nitrogen and oxygen atoms in total. The van der Waals surface area contributed by atoms with E-state index in [0.29, 0.717) is 11.1 Å². The van der Waals surface area contributed by atoms with Crippen molar-refractivity contribution < 1.29 is 9.59 Å². The van der Waals surface area contributed by atoms with E-state index >= 15 is 0 Å². The smallest absolute Gasteiger partial charge is 0.257 e. The predicted octanol–water partition coefficient (Wildman–Crippen LogP) is 3.54. The second kappa shape index (κ2) is 7.29. The van der Waals surface area contributed by atoms with Crippen LogP contribution in [0.25, 0.3) is 0 Å². The Morgan fingerprint density at radius 2 is 1.77 bits per heavy atom. The molecule has 1 saturated heterocycles. The number of carbonyl (C=O) groups is 2. The Balaban J connectivity index is 1.52. The molecule has 0 bridgehead atoms. The van der Waals surface area contributed by atoms with Gasteiger partial charge in [-0.05, 0) is 43.9 Å². The van der Waals surface area contributed by atoms with Crippen LogP contribution < -0.4 is 10.2 Å². The number of anilines is 1. The number of nitrogens with one attached hydrogen (secondary N) is 1. The molecule has 0 aromatic heterocycles. The lowest BCUT2D eigenvalue weighted by Crippen LogP contribution is -2.50. The molecule has 1 aliphatic carbocycles. The van der Waals surface area contributed by atoms with Crippen molar-refractivity contribution in [1.29, 1.82) is 0 Å². The third-order valence-corrected chi connectivity index (χ3v) is 6.24. The number of hydrogen-bond donors (Lipinski definition) is 1. The minimum absolute atomic E-state index is 0.00641. The summed E-state index contributed by atoms with van der Waals surface area (Å²) in [4.78, 5) is 29.6. The van der Waals surface area contributed by atoms with Crippen LogP contribution in [0.5, 0.6) is 0 Å². The molecule has 4 rings (SSSR count). The Kier molecular flexibility index (Phi) is 4.88. The highest BCUT2D eigenvalue weighted by atomic mass is 16.2. The van der Waals surface area contributed by atoms with Crippen molar-refractivity contribution >= 4 is 17.5 Å². The summed E-state index contributed by atoms with van der Waals surface area (Å²) < 4.78 is 0. The van der Waals surface area contributed by atoms with E-state index in [9.17, 15) is 9.59 Å². The van der Waals surface area contributed by atoms with Crippen LogP contribution in [-0.2, 0) is 0 Å². The molecule has 1 unspecified atom stereocenters. The van der Waals surface area contributed by atoms with Crippen molar-refractivity contribution in [3.05, 3.63) is 29.3 Å². The van der Waals surface area contributed by atoms with Crippen molar-refractivity contribution in [3.63, 3.8) is 0 Å². The molecule has 140 valence electrons. The first-order valence-electron chi connectivity index (χ1n) is 10.1. The van der Waals surface area contributed by atoms with E-state index in [1.807, 2.05) is 24.1 Å². The minimum atomic E-state index is -0.00641. The van der Waals surface area contributed by atoms with Crippen LogP contribution in [0.1, 0.15) is 78.5 Å². The van der Waals surface area contributed by atoms with E-state index in [4.69, 9.17) is 0 Å². The van der Waals surface area contributed by atoms with Crippen LogP contribution in [0.15, 0.2) is 18.2 Å². The minimum Gasteiger partial charge on any atom is -0.354 e. The molecular weight excluding hydrogens is 326 g/mol. The molecule has 0 radical (unpaired) electrons. The third-order valence-electron chi connectivity index (χ3n) is 6.24. The first-order valence-corrected chi connectivity index (χ1v) is 10.1. The van der Waals surface area contributed by atoms with Gasteiger partial charge in [0.2, 0.25) is 0 Å². The summed E-state index contributed by atoms with van der Waals surface area (Å²) in [5, 5.41) is 3.23. The van der Waals surface area contributed by atoms with Crippen LogP contribution >= 0.6 is 0 Å². The fourth-order valence-electron chi connectivity index (χ4n) is 4.72. The lowest BCUT2D eigenvalue weighted by atomic mass is 9.96. The lowest BCUT2D eigenvalue weighted by Gasteiger charge is -2.40. The van der Waals surface area contributed by atoms with Crippen LogP contribution in [-0.4, -0.2) is 42.5 Å². The molecule has 26 heavy (non-hydrogen) atoms. The second-order valence-corrected chi connectivity index (χ2v) is 7.98. The average Bonchev–Trinajstić information content (AvgIpc) is 3.11. The summed E-state index contributed by atoms with van der Waals surface area (Å²) in [7, 11) is 2.03. The molecule has 1 N–H and O–H groups in total. The van der Waals surface area contributed by atoms with Gasteiger partial charge in [0.1, 0.15) is 6.17 Å². The monoisotopic (exact) mass is 355 g/mol. The van der Waals surface area contributed by atoms with E-state index in [2.05, 4.69) is 10.2 Å². The normalized spacial score (nSPS) is 23.9. The number of rotatable bonds is 2. The maximum absolute atomic E-state index is 12.8. The van der Waals surface area contributed by atoms with Gasteiger partial charge >= 0.3 is 0 Å². The SMILES string of the molecule is CN1c2cc(C(=O)NC3CCCCCCC3)ccc2C(=O)N2CCCC21. The van der Waals surface area contributed by atoms with Gasteiger partial charge in [-0.3, -0.25) is 9.59 Å². The fraction of sp³-hybridized carbons (Fsp3) is 0.619. The summed E-state index contributed by atoms with van der Waals surface area (Å²) in [6.45, 7) is 0.831. The molecule has 1 aromatic carbocycles. The number of amides is 2. The van der Waals surface area contributed by atoms with Gasteiger partial charge < -0.3 is 15.1 Å². The zero-order valence-corrected chi connectivity index (χ0v) is 15.7. The summed E-state index contributed by atoms with van der Waals surface area (Å²) in [6.07, 6.45) is 10.6. The Morgan fingerprint density at radius 3 is 2.54 bits per heavy atom. The summed E-state index contributed by atoms with van der Waals surface area (Å²) in [5.41, 5.74) is 2.27. The van der Waals surface area contributed by atoms with E-state index < -0.39 is 0 Å². The van der Waals surface area contributed by atoms with Gasteiger partial charge in [-0.2, -0.15) is 0 Å². The van der Waals surface area contributed by atoms with E-state index in [1.54, 1.807) is 6.07 Å². The van der Waals surface area contributed by atoms with Crippen molar-refractivity contribution in [2.75, 3.05) is 18.5 Å². The topological polar surface area (TPSA) is 52.7 Å². The van der Waals surface area contributed by atoms with Gasteiger partial charge in [-0.1, -0.05) is 32.1 Å². The van der Waals surface area contributed by atoms with E-state index in [-0.39, 0.29) is 24.0 Å². The molecule has 5 heteroatoms. The second-order valence-electron chi connectivity index (χ2n) is 7.98. The Morgan fingerprint density at radius 1 is 1.04 bits per heavy atom. The van der Waals surface area contributed by atoms with Crippen LogP contribution in [0.4, 0.5) is 5.69 Å². The molecule has 2 fully saturated rings. The molecule has 1 aromatic rings. The number of nitrogens with zero attached hydrogens (tertiary/aromatic N) is 2. The fourth-order valence-corrected chi connectivity index (χ4v) is 4.72. The Hall–Kier alpha value is -2.04. The first kappa shape index (κ1) is 17.4. The molecule has 2 aliphatic heterocycles. The number of benzene rings is 1. The van der Waals surface area contributed by atoms with E-state index in [0.717, 1.165) is 37.9 Å². The lowest BCUT2D eigenvalue weighted by molar-refractivity contribution is 0.0719. The van der Waals surface area contributed by atoms with Crippen molar-refractivity contribution in [1.82, 2.24) is 10.2 Å². The van der Waals surface area contributed by atoms with Crippen molar-refractivity contribution in [3.8, 4) is 0 Å². The van der Waals surface area contributed by atoms with Gasteiger partial charge in [0, 0.05) is 25.2 Å². The number of carbonyl (C=O) groups excluding carboxylic acids is 2. The molecule has 1 saturated carbocycles. The average molecular weight is 355 g/mol. The summed E-state index contributed by atoms with van der Waals surface area (Å²) in [6, 6.07) is 5.82. The molecule has 2 heterocycles. The molecule has 2 amide bonds.